The Balaban J connectivity index is 0.000000280. The van der Waals surface area contributed by atoms with Crippen LogP contribution in [0.4, 0.5) is 0 Å². The third kappa shape index (κ3) is 8.21. The zero-order valence-electron chi connectivity index (χ0n) is 33.4. The van der Waals surface area contributed by atoms with Gasteiger partial charge in [-0.3, -0.25) is 4.79 Å². The van der Waals surface area contributed by atoms with E-state index in [1.54, 1.807) is 0 Å². The summed E-state index contributed by atoms with van der Waals surface area (Å²) in [5.74, 6) is 0.547. The Morgan fingerprint density at radius 2 is 0.982 bits per heavy atom. The van der Waals surface area contributed by atoms with Gasteiger partial charge in [0, 0.05) is 44.2 Å². The molecular weight excluding hydrogens is 875 g/mol. The van der Waals surface area contributed by atoms with Gasteiger partial charge in [-0.1, -0.05) is 129 Å². The van der Waals surface area contributed by atoms with Crippen molar-refractivity contribution in [2.75, 3.05) is 0 Å². The van der Waals surface area contributed by atoms with Gasteiger partial charge in [0.1, 0.15) is 0 Å². The SMILES string of the molecule is CCC(CC)C(=O)/C=C(\O)C(CC)CC.[CH3-].[Ir].[c-]1cc2ccc3ccc4cc3c2cc1c1cc2c(ccc3ccc(cc32)c2cccc(c2)c2cccc4c2)cn1. The van der Waals surface area contributed by atoms with Crippen molar-refractivity contribution < 1.29 is 30.0 Å². The van der Waals surface area contributed by atoms with E-state index in [2.05, 4.69) is 133 Å². The summed E-state index contributed by atoms with van der Waals surface area (Å²) in [6, 6.07) is 50.3. The van der Waals surface area contributed by atoms with Gasteiger partial charge in [0.25, 0.3) is 0 Å². The molecule has 1 aromatic heterocycles. The molecule has 9 rings (SSSR count). The maximum absolute atomic E-state index is 11.7. The molecule has 0 aliphatic heterocycles. The van der Waals surface area contributed by atoms with Crippen molar-refractivity contribution in [2.45, 2.75) is 53.4 Å². The average molecular weight is 924 g/mol. The summed E-state index contributed by atoms with van der Waals surface area (Å²) >= 11 is 0. The van der Waals surface area contributed by atoms with Crippen molar-refractivity contribution in [3.63, 3.8) is 0 Å². The van der Waals surface area contributed by atoms with E-state index in [1.807, 2.05) is 33.9 Å². The van der Waals surface area contributed by atoms with Crippen LogP contribution in [-0.4, -0.2) is 15.9 Å². The Hall–Kier alpha value is -5.41. The number of hydrogen-bond donors (Lipinski definition) is 1. The summed E-state index contributed by atoms with van der Waals surface area (Å²) < 4.78 is 0. The van der Waals surface area contributed by atoms with Crippen LogP contribution in [-0.2, 0) is 24.9 Å². The molecular formula is C53H49IrNO2-2. The molecule has 9 aromatic rings. The van der Waals surface area contributed by atoms with Gasteiger partial charge in [0.2, 0.25) is 0 Å². The first-order valence-corrected chi connectivity index (χ1v) is 19.7. The number of benzene rings is 7. The number of carbonyl (C=O) groups is 1. The first-order valence-electron chi connectivity index (χ1n) is 19.7. The second kappa shape index (κ2) is 17.8. The van der Waals surface area contributed by atoms with Crippen LogP contribution in [0.25, 0.3) is 86.3 Å². The van der Waals surface area contributed by atoms with Gasteiger partial charge in [-0.05, 0) is 120 Å². The van der Waals surface area contributed by atoms with E-state index < -0.39 is 0 Å². The summed E-state index contributed by atoms with van der Waals surface area (Å²) in [7, 11) is 0. The number of fused-ring (bicyclic) bond motifs is 12. The Bertz CT molecular complexity index is 2800. The van der Waals surface area contributed by atoms with Gasteiger partial charge >= 0.3 is 0 Å². The quantitative estimate of drug-likeness (QED) is 0.0750. The number of aliphatic hydroxyl groups is 1. The molecule has 0 atom stereocenters. The van der Waals surface area contributed by atoms with Gasteiger partial charge in [-0.25, -0.2) is 0 Å². The number of nitrogens with zero attached hydrogens (tertiary/aromatic N) is 1. The van der Waals surface area contributed by atoms with Crippen LogP contribution < -0.4 is 0 Å². The van der Waals surface area contributed by atoms with Crippen molar-refractivity contribution in [3.8, 4) is 0 Å². The minimum Gasteiger partial charge on any atom is -0.512 e. The molecule has 57 heavy (non-hydrogen) atoms. The molecule has 8 aromatic carbocycles. The van der Waals surface area contributed by atoms with Crippen LogP contribution in [0.15, 0.2) is 145 Å². The van der Waals surface area contributed by atoms with E-state index in [1.165, 1.54) is 76.1 Å². The monoisotopic (exact) mass is 924 g/mol. The van der Waals surface area contributed by atoms with Crippen molar-refractivity contribution in [1.29, 1.82) is 0 Å². The van der Waals surface area contributed by atoms with Gasteiger partial charge in [0.15, 0.2) is 5.78 Å². The first kappa shape index (κ1) is 41.2. The molecule has 4 heteroatoms. The average Bonchev–Trinajstić information content (AvgIpc) is 3.23. The van der Waals surface area contributed by atoms with Crippen LogP contribution >= 0.6 is 0 Å². The number of allylic oxidation sites excluding steroid dienone is 2. The summed E-state index contributed by atoms with van der Waals surface area (Å²) in [6.07, 6.45) is 6.91. The molecule has 289 valence electrons. The molecule has 0 saturated carbocycles. The topological polar surface area (TPSA) is 50.2 Å². The van der Waals surface area contributed by atoms with E-state index >= 15 is 0 Å². The van der Waals surface area contributed by atoms with Crippen molar-refractivity contribution in [1.82, 2.24) is 4.98 Å². The zero-order valence-corrected chi connectivity index (χ0v) is 35.8. The van der Waals surface area contributed by atoms with Crippen LogP contribution in [0.1, 0.15) is 53.4 Å². The van der Waals surface area contributed by atoms with E-state index in [4.69, 9.17) is 4.98 Å². The summed E-state index contributed by atoms with van der Waals surface area (Å²) in [4.78, 5) is 16.6. The summed E-state index contributed by atoms with van der Waals surface area (Å²) in [5.41, 5.74) is 0.941. The summed E-state index contributed by atoms with van der Waals surface area (Å²) in [6.45, 7) is 8.07. The maximum atomic E-state index is 11.7. The Morgan fingerprint density at radius 1 is 0.561 bits per heavy atom. The predicted molar refractivity (Wildman–Crippen MR) is 242 cm³/mol. The van der Waals surface area contributed by atoms with Crippen LogP contribution in [0.3, 0.4) is 0 Å². The van der Waals surface area contributed by atoms with Crippen molar-refractivity contribution in [2.24, 2.45) is 11.8 Å². The van der Waals surface area contributed by atoms with E-state index in [-0.39, 0.29) is 50.9 Å². The molecule has 0 saturated heterocycles. The second-order valence-corrected chi connectivity index (χ2v) is 14.8. The minimum atomic E-state index is 0. The van der Waals surface area contributed by atoms with Crippen LogP contribution in [0, 0.1) is 25.3 Å². The van der Waals surface area contributed by atoms with Crippen LogP contribution in [0.2, 0.25) is 0 Å². The van der Waals surface area contributed by atoms with E-state index in [0.29, 0.717) is 0 Å². The standard InChI is InChI=1S/C39H22N.C13H24O2.CH3.Ir/c1-3-27-17-29(5-1)31-13-9-24-7-8-25-11-15-33(21-37(25)35(24)19-31)39-22-38-34(23-40-39)16-12-26-10-14-32(20-36(26)38)30-6-2-4-28(27)18-30;1-5-10(6-2)12(14)9-13(15)11(7-3)8-4;;/h1-14,16-23H;9-11,14H,5-8H2,1-4H3;1H3;/q-1;;-1;/b;12-9-;;. The van der Waals surface area contributed by atoms with Gasteiger partial charge < -0.3 is 17.5 Å². The number of carbonyl (C=O) groups excluding carboxylic acids is 1. The number of aromatic nitrogens is 1. The number of aliphatic hydroxyl groups excluding tert-OH is 1. The Morgan fingerprint density at radius 3 is 1.49 bits per heavy atom. The number of pyridine rings is 1. The fraction of sp³-hybridized carbons (Fsp3) is 0.189. The van der Waals surface area contributed by atoms with Gasteiger partial charge in [-0.15, -0.1) is 23.6 Å². The molecule has 0 aliphatic carbocycles. The molecule has 0 spiro atoms. The molecule has 3 nitrogen and oxygen atoms in total. The smallest absolute Gasteiger partial charge is 0.162 e. The van der Waals surface area contributed by atoms with E-state index in [9.17, 15) is 9.90 Å². The number of ketones is 1. The third-order valence-corrected chi connectivity index (χ3v) is 11.6. The van der Waals surface area contributed by atoms with Gasteiger partial charge in [-0.2, -0.15) is 0 Å². The fourth-order valence-electron chi connectivity index (χ4n) is 8.12. The Labute approximate surface area is 349 Å². The molecule has 0 amide bonds. The second-order valence-electron chi connectivity index (χ2n) is 14.8. The van der Waals surface area contributed by atoms with Crippen LogP contribution in [0.5, 0.6) is 0 Å². The van der Waals surface area contributed by atoms with Crippen molar-refractivity contribution in [3.05, 3.63) is 159 Å². The molecule has 12 bridgehead atoms. The Kier molecular flexibility index (Phi) is 12.9. The van der Waals surface area contributed by atoms with E-state index in [0.717, 1.165) is 42.0 Å². The normalized spacial score (nSPS) is 11.7. The number of rotatable bonds is 7. The first-order chi connectivity index (χ1) is 26.9. The third-order valence-electron chi connectivity index (χ3n) is 11.6. The minimum absolute atomic E-state index is 0. The van der Waals surface area contributed by atoms with Gasteiger partial charge in [0.05, 0.1) is 5.76 Å². The molecule has 1 radical (unpaired) electrons. The molecule has 0 unspecified atom stereocenters. The summed E-state index contributed by atoms with van der Waals surface area (Å²) in [5, 5.41) is 27.8. The largest absolute Gasteiger partial charge is 0.512 e. The predicted octanol–water partition coefficient (Wildman–Crippen LogP) is 15.0. The zero-order chi connectivity index (χ0) is 38.1. The van der Waals surface area contributed by atoms with Crippen molar-refractivity contribution >= 4 is 92.1 Å². The maximum Gasteiger partial charge on any atom is 0.162 e. The molecule has 0 aliphatic rings. The molecule has 1 heterocycles. The molecule has 0 fully saturated rings. The molecule has 1 N–H and O–H groups in total. The number of hydrogen-bond acceptors (Lipinski definition) is 3. The fourth-order valence-corrected chi connectivity index (χ4v) is 8.12.